The molecule has 1 amide bonds. The van der Waals surface area contributed by atoms with Gasteiger partial charge in [0.15, 0.2) is 0 Å². The van der Waals surface area contributed by atoms with E-state index in [1.807, 2.05) is 23.1 Å². The lowest BCUT2D eigenvalue weighted by molar-refractivity contribution is -0.126. The molecule has 0 bridgehead atoms. The van der Waals surface area contributed by atoms with Gasteiger partial charge in [-0.15, -0.1) is 0 Å². The molecule has 0 saturated heterocycles. The molecule has 0 aliphatic carbocycles. The lowest BCUT2D eigenvalue weighted by Gasteiger charge is -2.18. The van der Waals surface area contributed by atoms with Crippen LogP contribution in [-0.4, -0.2) is 17.4 Å². The molecule has 0 N–H and O–H groups in total. The second kappa shape index (κ2) is 4.30. The van der Waals surface area contributed by atoms with Gasteiger partial charge in [0.05, 0.1) is 0 Å². The van der Waals surface area contributed by atoms with E-state index in [1.165, 1.54) is 5.56 Å². The largest absolute Gasteiger partial charge is 0.316 e. The summed E-state index contributed by atoms with van der Waals surface area (Å²) in [5, 5.41) is 0. The number of nitrogens with zero attached hydrogens (tertiary/aromatic N) is 1. The highest BCUT2D eigenvalue weighted by Gasteiger charge is 2.18. The molecular formula is C13H15NO. The summed E-state index contributed by atoms with van der Waals surface area (Å²) in [7, 11) is 0. The summed E-state index contributed by atoms with van der Waals surface area (Å²) in [5.41, 5.74) is 2.41. The molecule has 0 spiro atoms. The van der Waals surface area contributed by atoms with E-state index in [1.54, 1.807) is 6.92 Å². The van der Waals surface area contributed by atoms with Crippen LogP contribution in [-0.2, 0) is 11.2 Å². The molecule has 2 rings (SSSR count). The number of benzene rings is 1. The maximum absolute atomic E-state index is 11.3. The maximum atomic E-state index is 11.3. The molecule has 2 nitrogen and oxygen atoms in total. The highest BCUT2D eigenvalue weighted by atomic mass is 16.2. The molecule has 15 heavy (non-hydrogen) atoms. The third-order valence-corrected chi connectivity index (χ3v) is 2.69. The summed E-state index contributed by atoms with van der Waals surface area (Å²) in [6, 6.07) is 10.3. The van der Waals surface area contributed by atoms with Crippen molar-refractivity contribution in [1.29, 1.82) is 0 Å². The van der Waals surface area contributed by atoms with E-state index in [2.05, 4.69) is 18.2 Å². The third-order valence-electron chi connectivity index (χ3n) is 2.69. The minimum absolute atomic E-state index is 0.148. The molecule has 78 valence electrons. The molecule has 0 radical (unpaired) electrons. The molecule has 0 atom stereocenters. The van der Waals surface area contributed by atoms with Crippen molar-refractivity contribution in [1.82, 2.24) is 4.90 Å². The summed E-state index contributed by atoms with van der Waals surface area (Å²) < 4.78 is 0. The van der Waals surface area contributed by atoms with Gasteiger partial charge in [-0.1, -0.05) is 36.4 Å². The number of rotatable bonds is 2. The standard InChI is InChI=1S/C13H15NO/c1-11(15)14-9-5-8-13(14)10-12-6-3-2-4-7-12/h2-4,6-8H,5,9-10H2,1H3. The van der Waals surface area contributed by atoms with Crippen LogP contribution in [0.4, 0.5) is 0 Å². The Morgan fingerprint density at radius 2 is 2.07 bits per heavy atom. The molecule has 2 heteroatoms. The predicted octanol–water partition coefficient (Wildman–Crippen LogP) is 2.37. The van der Waals surface area contributed by atoms with Crippen LogP contribution in [0.1, 0.15) is 18.9 Å². The smallest absolute Gasteiger partial charge is 0.223 e. The second-order valence-corrected chi connectivity index (χ2v) is 3.82. The molecular weight excluding hydrogens is 186 g/mol. The monoisotopic (exact) mass is 201 g/mol. The van der Waals surface area contributed by atoms with Gasteiger partial charge in [-0.2, -0.15) is 0 Å². The molecule has 1 aliphatic heterocycles. The van der Waals surface area contributed by atoms with E-state index in [-0.39, 0.29) is 5.91 Å². The van der Waals surface area contributed by atoms with Crippen molar-refractivity contribution in [2.75, 3.05) is 6.54 Å². The minimum atomic E-state index is 0.148. The Kier molecular flexibility index (Phi) is 2.86. The van der Waals surface area contributed by atoms with Crippen molar-refractivity contribution in [2.24, 2.45) is 0 Å². The molecule has 0 fully saturated rings. The Bertz CT molecular complexity index is 381. The van der Waals surface area contributed by atoms with E-state index in [4.69, 9.17) is 0 Å². The normalized spacial score (nSPS) is 15.3. The summed E-state index contributed by atoms with van der Waals surface area (Å²) in [4.78, 5) is 13.2. The Morgan fingerprint density at radius 1 is 1.33 bits per heavy atom. The zero-order chi connectivity index (χ0) is 10.7. The number of amides is 1. The van der Waals surface area contributed by atoms with Crippen LogP contribution in [0.2, 0.25) is 0 Å². The SMILES string of the molecule is CC(=O)N1CCC=C1Cc1ccccc1. The molecule has 0 saturated carbocycles. The lowest BCUT2D eigenvalue weighted by atomic mass is 10.1. The van der Waals surface area contributed by atoms with Crippen LogP contribution in [0.25, 0.3) is 0 Å². The Labute approximate surface area is 90.2 Å². The number of carbonyl (C=O) groups excluding carboxylic acids is 1. The van der Waals surface area contributed by atoms with Gasteiger partial charge in [-0.25, -0.2) is 0 Å². The number of allylic oxidation sites excluding steroid dienone is 1. The average Bonchev–Trinajstić information content (AvgIpc) is 2.67. The van der Waals surface area contributed by atoms with Crippen LogP contribution < -0.4 is 0 Å². The molecule has 1 aliphatic rings. The zero-order valence-corrected chi connectivity index (χ0v) is 8.94. The summed E-state index contributed by atoms with van der Waals surface area (Å²) >= 11 is 0. The first-order chi connectivity index (χ1) is 7.27. The van der Waals surface area contributed by atoms with Crippen molar-refractivity contribution < 1.29 is 4.79 Å². The van der Waals surface area contributed by atoms with Crippen molar-refractivity contribution in [2.45, 2.75) is 19.8 Å². The number of hydrogen-bond acceptors (Lipinski definition) is 1. The van der Waals surface area contributed by atoms with Gasteiger partial charge >= 0.3 is 0 Å². The van der Waals surface area contributed by atoms with E-state index >= 15 is 0 Å². The van der Waals surface area contributed by atoms with Gasteiger partial charge in [0.2, 0.25) is 5.91 Å². The number of hydrogen-bond donors (Lipinski definition) is 0. The molecule has 0 aromatic heterocycles. The van der Waals surface area contributed by atoms with Gasteiger partial charge in [0.25, 0.3) is 0 Å². The van der Waals surface area contributed by atoms with Gasteiger partial charge in [0, 0.05) is 25.6 Å². The Morgan fingerprint density at radius 3 is 2.73 bits per heavy atom. The Hall–Kier alpha value is -1.57. The third kappa shape index (κ3) is 2.27. The molecule has 1 aromatic carbocycles. The fraction of sp³-hybridized carbons (Fsp3) is 0.308. The van der Waals surface area contributed by atoms with E-state index in [0.29, 0.717) is 0 Å². The first-order valence-corrected chi connectivity index (χ1v) is 5.28. The molecule has 1 aromatic rings. The second-order valence-electron chi connectivity index (χ2n) is 3.82. The van der Waals surface area contributed by atoms with E-state index in [9.17, 15) is 4.79 Å². The summed E-state index contributed by atoms with van der Waals surface area (Å²) in [6.07, 6.45) is 4.01. The average molecular weight is 201 g/mol. The van der Waals surface area contributed by atoms with Gasteiger partial charge in [-0.3, -0.25) is 4.79 Å². The van der Waals surface area contributed by atoms with Gasteiger partial charge < -0.3 is 4.90 Å². The topological polar surface area (TPSA) is 20.3 Å². The predicted molar refractivity (Wildman–Crippen MR) is 60.2 cm³/mol. The number of carbonyl (C=O) groups is 1. The highest BCUT2D eigenvalue weighted by molar-refractivity contribution is 5.75. The van der Waals surface area contributed by atoms with Crippen molar-refractivity contribution in [3.05, 3.63) is 47.7 Å². The van der Waals surface area contributed by atoms with Crippen LogP contribution in [0, 0.1) is 0 Å². The van der Waals surface area contributed by atoms with Crippen molar-refractivity contribution >= 4 is 5.91 Å². The quantitative estimate of drug-likeness (QED) is 0.719. The van der Waals surface area contributed by atoms with Crippen LogP contribution in [0.5, 0.6) is 0 Å². The molecule has 0 unspecified atom stereocenters. The highest BCUT2D eigenvalue weighted by Crippen LogP contribution is 2.19. The van der Waals surface area contributed by atoms with Gasteiger partial charge in [-0.05, 0) is 12.0 Å². The Balaban J connectivity index is 2.09. The zero-order valence-electron chi connectivity index (χ0n) is 8.94. The van der Waals surface area contributed by atoms with E-state index in [0.717, 1.165) is 25.1 Å². The van der Waals surface area contributed by atoms with Crippen molar-refractivity contribution in [3.8, 4) is 0 Å². The summed E-state index contributed by atoms with van der Waals surface area (Å²) in [6.45, 7) is 2.47. The lowest BCUT2D eigenvalue weighted by Crippen LogP contribution is -2.25. The fourth-order valence-electron chi connectivity index (χ4n) is 1.95. The van der Waals surface area contributed by atoms with Crippen LogP contribution >= 0.6 is 0 Å². The maximum Gasteiger partial charge on any atom is 0.223 e. The first kappa shape index (κ1) is 9.97. The first-order valence-electron chi connectivity index (χ1n) is 5.28. The van der Waals surface area contributed by atoms with E-state index < -0.39 is 0 Å². The molecule has 1 heterocycles. The summed E-state index contributed by atoms with van der Waals surface area (Å²) in [5.74, 6) is 0.148. The van der Waals surface area contributed by atoms with Crippen LogP contribution in [0.15, 0.2) is 42.1 Å². The minimum Gasteiger partial charge on any atom is -0.316 e. The fourth-order valence-corrected chi connectivity index (χ4v) is 1.95. The van der Waals surface area contributed by atoms with Gasteiger partial charge in [0.1, 0.15) is 0 Å². The van der Waals surface area contributed by atoms with Crippen molar-refractivity contribution in [3.63, 3.8) is 0 Å². The van der Waals surface area contributed by atoms with Crippen LogP contribution in [0.3, 0.4) is 0 Å².